The maximum Gasteiger partial charge on any atom is 0.323 e. The molecule has 0 fully saturated rings. The fraction of sp³-hybridized carbons (Fsp3) is 0.385. The number of rotatable bonds is 6. The Morgan fingerprint density at radius 2 is 2.16 bits per heavy atom. The summed E-state index contributed by atoms with van der Waals surface area (Å²) in [4.78, 5) is 19.0. The van der Waals surface area contributed by atoms with Gasteiger partial charge in [-0.1, -0.05) is 0 Å². The van der Waals surface area contributed by atoms with Gasteiger partial charge in [0.1, 0.15) is 17.9 Å². The molecule has 6 heteroatoms. The second-order valence-electron chi connectivity index (χ2n) is 4.59. The summed E-state index contributed by atoms with van der Waals surface area (Å²) in [6.45, 7) is 1.27. The molecule has 0 saturated heterocycles. The zero-order valence-electron chi connectivity index (χ0n) is 11.0. The first kappa shape index (κ1) is 13.4. The van der Waals surface area contributed by atoms with Crippen LogP contribution in [-0.2, 0) is 4.79 Å². The number of anilines is 1. The van der Waals surface area contributed by atoms with Crippen molar-refractivity contribution in [3.63, 3.8) is 0 Å². The molecular weight excluding hydrogens is 246 g/mol. The number of pyridine rings is 1. The number of carboxylic acid groups (broad SMARTS) is 1. The minimum absolute atomic E-state index is 0.0782. The molecule has 0 aliphatic carbocycles. The van der Waals surface area contributed by atoms with E-state index >= 15 is 0 Å². The highest BCUT2D eigenvalue weighted by Crippen LogP contribution is 2.24. The molecule has 0 saturated carbocycles. The molecule has 2 aromatic rings. The Bertz CT molecular complexity index is 565. The number of aromatic nitrogens is 1. The number of carbonyl (C=O) groups is 1. The molecule has 0 unspecified atom stereocenters. The fourth-order valence-corrected chi connectivity index (χ4v) is 1.88. The van der Waals surface area contributed by atoms with Gasteiger partial charge in [0.25, 0.3) is 0 Å². The number of hydrogen-bond acceptors (Lipinski definition) is 5. The molecule has 2 aromatic heterocycles. The summed E-state index contributed by atoms with van der Waals surface area (Å²) in [6, 6.07) is 3.58. The molecule has 1 N–H and O–H groups in total. The van der Waals surface area contributed by atoms with E-state index in [1.165, 1.54) is 0 Å². The van der Waals surface area contributed by atoms with E-state index in [0.29, 0.717) is 17.9 Å². The van der Waals surface area contributed by atoms with Crippen LogP contribution in [0.5, 0.6) is 0 Å². The minimum atomic E-state index is -0.874. The Balaban J connectivity index is 2.30. The third kappa shape index (κ3) is 3.23. The van der Waals surface area contributed by atoms with Crippen molar-refractivity contribution in [3.05, 3.63) is 24.6 Å². The summed E-state index contributed by atoms with van der Waals surface area (Å²) < 4.78 is 5.31. The van der Waals surface area contributed by atoms with Crippen molar-refractivity contribution in [2.24, 2.45) is 0 Å². The van der Waals surface area contributed by atoms with Crippen molar-refractivity contribution in [2.45, 2.75) is 0 Å². The normalized spacial score (nSPS) is 11.1. The van der Waals surface area contributed by atoms with Crippen LogP contribution in [0, 0.1) is 0 Å². The van der Waals surface area contributed by atoms with Crippen LogP contribution in [0.4, 0.5) is 5.82 Å². The standard InChI is InChI=1S/C13H17N3O3/c1-15(2)6-7-16(9-12(17)18)13-10-4-8-19-11(10)3-5-14-13/h3-5,8H,6-7,9H2,1-2H3,(H,17,18). The number of hydrogen-bond donors (Lipinski definition) is 1. The molecule has 2 heterocycles. The van der Waals surface area contributed by atoms with Gasteiger partial charge < -0.3 is 19.3 Å². The van der Waals surface area contributed by atoms with Gasteiger partial charge in [0, 0.05) is 19.3 Å². The Morgan fingerprint density at radius 1 is 1.37 bits per heavy atom. The molecule has 0 aromatic carbocycles. The zero-order valence-corrected chi connectivity index (χ0v) is 11.0. The number of fused-ring (bicyclic) bond motifs is 1. The first-order valence-electron chi connectivity index (χ1n) is 6.01. The third-order valence-electron chi connectivity index (χ3n) is 2.80. The minimum Gasteiger partial charge on any atom is -0.480 e. The monoisotopic (exact) mass is 263 g/mol. The van der Waals surface area contributed by atoms with Crippen molar-refractivity contribution in [1.82, 2.24) is 9.88 Å². The third-order valence-corrected chi connectivity index (χ3v) is 2.80. The SMILES string of the molecule is CN(C)CCN(CC(=O)O)c1nccc2occc12. The lowest BCUT2D eigenvalue weighted by molar-refractivity contribution is -0.135. The quantitative estimate of drug-likeness (QED) is 0.846. The molecule has 102 valence electrons. The fourth-order valence-electron chi connectivity index (χ4n) is 1.88. The van der Waals surface area contributed by atoms with Crippen LogP contribution in [-0.4, -0.2) is 54.7 Å². The lowest BCUT2D eigenvalue weighted by Gasteiger charge is -2.23. The van der Waals surface area contributed by atoms with Crippen molar-refractivity contribution in [1.29, 1.82) is 0 Å². The lowest BCUT2D eigenvalue weighted by Crippen LogP contribution is -2.36. The molecule has 0 radical (unpaired) electrons. The summed E-state index contributed by atoms with van der Waals surface area (Å²) in [5, 5.41) is 9.86. The highest BCUT2D eigenvalue weighted by molar-refractivity contribution is 5.89. The van der Waals surface area contributed by atoms with Gasteiger partial charge >= 0.3 is 5.97 Å². The Hall–Kier alpha value is -2.08. The second-order valence-corrected chi connectivity index (χ2v) is 4.59. The van der Waals surface area contributed by atoms with Crippen molar-refractivity contribution in [2.75, 3.05) is 38.6 Å². The molecule has 0 bridgehead atoms. The van der Waals surface area contributed by atoms with Crippen LogP contribution < -0.4 is 4.90 Å². The van der Waals surface area contributed by atoms with Crippen LogP contribution in [0.15, 0.2) is 29.0 Å². The van der Waals surface area contributed by atoms with Gasteiger partial charge in [-0.15, -0.1) is 0 Å². The van der Waals surface area contributed by atoms with Crippen LogP contribution in [0.3, 0.4) is 0 Å². The van der Waals surface area contributed by atoms with E-state index in [9.17, 15) is 4.79 Å². The molecule has 0 aliphatic rings. The van der Waals surface area contributed by atoms with E-state index in [1.807, 2.05) is 25.1 Å². The van der Waals surface area contributed by atoms with Crippen LogP contribution in [0.1, 0.15) is 0 Å². The average molecular weight is 263 g/mol. The van der Waals surface area contributed by atoms with Crippen LogP contribution in [0.25, 0.3) is 11.0 Å². The van der Waals surface area contributed by atoms with Crippen molar-refractivity contribution < 1.29 is 14.3 Å². The van der Waals surface area contributed by atoms with Gasteiger partial charge in [-0.25, -0.2) is 4.98 Å². The average Bonchev–Trinajstić information content (AvgIpc) is 2.81. The predicted molar refractivity (Wildman–Crippen MR) is 72.4 cm³/mol. The zero-order chi connectivity index (χ0) is 13.8. The van der Waals surface area contributed by atoms with E-state index in [4.69, 9.17) is 9.52 Å². The van der Waals surface area contributed by atoms with Gasteiger partial charge in [-0.05, 0) is 26.2 Å². The smallest absolute Gasteiger partial charge is 0.323 e. The maximum atomic E-state index is 11.0. The van der Waals surface area contributed by atoms with E-state index < -0.39 is 5.97 Å². The van der Waals surface area contributed by atoms with Gasteiger partial charge in [0.2, 0.25) is 0 Å². The maximum absolute atomic E-state index is 11.0. The van der Waals surface area contributed by atoms with Crippen molar-refractivity contribution in [3.8, 4) is 0 Å². The van der Waals surface area contributed by atoms with Crippen molar-refractivity contribution >= 4 is 22.8 Å². The summed E-state index contributed by atoms with van der Waals surface area (Å²) in [6.07, 6.45) is 3.21. The molecule has 0 atom stereocenters. The highest BCUT2D eigenvalue weighted by Gasteiger charge is 2.16. The van der Waals surface area contributed by atoms with E-state index in [2.05, 4.69) is 4.98 Å². The van der Waals surface area contributed by atoms with Gasteiger partial charge in [-0.3, -0.25) is 4.79 Å². The Kier molecular flexibility index (Phi) is 4.01. The van der Waals surface area contributed by atoms with E-state index in [-0.39, 0.29) is 6.54 Å². The van der Waals surface area contributed by atoms with Gasteiger partial charge in [-0.2, -0.15) is 0 Å². The number of likely N-dealkylation sites (N-methyl/N-ethyl adjacent to an activating group) is 1. The Morgan fingerprint density at radius 3 is 2.84 bits per heavy atom. The largest absolute Gasteiger partial charge is 0.480 e. The first-order chi connectivity index (χ1) is 9.08. The molecular formula is C13H17N3O3. The summed E-state index contributed by atoms with van der Waals surface area (Å²) >= 11 is 0. The number of carboxylic acids is 1. The van der Waals surface area contributed by atoms with E-state index in [1.54, 1.807) is 23.4 Å². The molecule has 2 rings (SSSR count). The first-order valence-corrected chi connectivity index (χ1v) is 6.01. The van der Waals surface area contributed by atoms with E-state index in [0.717, 1.165) is 11.9 Å². The highest BCUT2D eigenvalue weighted by atomic mass is 16.4. The second kappa shape index (κ2) is 5.71. The predicted octanol–water partition coefficient (Wildman–Crippen LogP) is 1.28. The lowest BCUT2D eigenvalue weighted by atomic mass is 10.3. The molecule has 6 nitrogen and oxygen atoms in total. The summed E-state index contributed by atoms with van der Waals surface area (Å²) in [7, 11) is 3.90. The molecule has 0 spiro atoms. The van der Waals surface area contributed by atoms with Crippen LogP contribution >= 0.6 is 0 Å². The molecule has 19 heavy (non-hydrogen) atoms. The summed E-state index contributed by atoms with van der Waals surface area (Å²) in [5.74, 6) is -0.225. The number of aliphatic carboxylic acids is 1. The van der Waals surface area contributed by atoms with Crippen LogP contribution in [0.2, 0.25) is 0 Å². The molecule has 0 aliphatic heterocycles. The summed E-state index contributed by atoms with van der Waals surface area (Å²) in [5.41, 5.74) is 0.713. The molecule has 0 amide bonds. The topological polar surface area (TPSA) is 69.8 Å². The number of nitrogens with zero attached hydrogens (tertiary/aromatic N) is 3. The number of furan rings is 1. The van der Waals surface area contributed by atoms with Gasteiger partial charge in [0.15, 0.2) is 0 Å². The Labute approximate surface area is 111 Å². The van der Waals surface area contributed by atoms with Gasteiger partial charge in [0.05, 0.1) is 11.6 Å².